The van der Waals surface area contributed by atoms with Crippen molar-refractivity contribution in [2.24, 2.45) is 5.41 Å². The molecule has 2 rings (SSSR count). The monoisotopic (exact) mass is 265 g/mol. The van der Waals surface area contributed by atoms with Crippen molar-refractivity contribution in [3.8, 4) is 0 Å². The van der Waals surface area contributed by atoms with Gasteiger partial charge < -0.3 is 14.8 Å². The number of amides is 1. The highest BCUT2D eigenvalue weighted by Crippen LogP contribution is 2.39. The lowest BCUT2D eigenvalue weighted by Crippen LogP contribution is -2.39. The van der Waals surface area contributed by atoms with Crippen LogP contribution in [0.2, 0.25) is 0 Å². The summed E-state index contributed by atoms with van der Waals surface area (Å²) in [4.78, 5) is 23.4. The number of hydrogen-bond acceptors (Lipinski definition) is 3. The molecule has 0 aromatic carbocycles. The van der Waals surface area contributed by atoms with Crippen LogP contribution in [0, 0.1) is 5.41 Å². The average Bonchev–Trinajstić information content (AvgIpc) is 2.90. The third-order valence-electron chi connectivity index (χ3n) is 3.83. The molecule has 0 bridgehead atoms. The van der Waals surface area contributed by atoms with E-state index in [-0.39, 0.29) is 12.3 Å². The first-order valence-electron chi connectivity index (χ1n) is 6.64. The fourth-order valence-electron chi connectivity index (χ4n) is 2.66. The average molecular weight is 265 g/mol. The van der Waals surface area contributed by atoms with Crippen molar-refractivity contribution in [3.63, 3.8) is 0 Å². The summed E-state index contributed by atoms with van der Waals surface area (Å²) in [6.45, 7) is 0.380. The number of carbonyl (C=O) groups is 2. The molecule has 0 spiro atoms. The lowest BCUT2D eigenvalue weighted by molar-refractivity contribution is -0.154. The highest BCUT2D eigenvalue weighted by molar-refractivity contribution is 5.85. The van der Waals surface area contributed by atoms with E-state index in [1.165, 1.54) is 0 Å². The van der Waals surface area contributed by atoms with E-state index in [9.17, 15) is 14.7 Å². The van der Waals surface area contributed by atoms with Gasteiger partial charge in [0.2, 0.25) is 5.91 Å². The molecule has 19 heavy (non-hydrogen) atoms. The zero-order chi connectivity index (χ0) is 13.7. The van der Waals surface area contributed by atoms with Gasteiger partial charge in [-0.1, -0.05) is 19.3 Å². The molecule has 0 atom stereocenters. The van der Waals surface area contributed by atoms with E-state index in [0.717, 1.165) is 24.8 Å². The number of carboxylic acid groups (broad SMARTS) is 1. The second-order valence-electron chi connectivity index (χ2n) is 5.23. The Morgan fingerprint density at radius 3 is 2.63 bits per heavy atom. The Labute approximate surface area is 112 Å². The number of aliphatic carboxylic acids is 1. The van der Waals surface area contributed by atoms with Gasteiger partial charge in [-0.15, -0.1) is 0 Å². The molecule has 1 aromatic heterocycles. The number of furan rings is 1. The van der Waals surface area contributed by atoms with E-state index in [0.29, 0.717) is 19.4 Å². The number of nitrogens with one attached hydrogen (secondary N) is 1. The van der Waals surface area contributed by atoms with Crippen molar-refractivity contribution in [2.75, 3.05) is 0 Å². The van der Waals surface area contributed by atoms with Gasteiger partial charge in [-0.05, 0) is 18.9 Å². The van der Waals surface area contributed by atoms with Crippen molar-refractivity contribution >= 4 is 11.9 Å². The third-order valence-corrected chi connectivity index (χ3v) is 3.83. The third kappa shape index (κ3) is 3.36. The fraction of sp³-hybridized carbons (Fsp3) is 0.571. The molecule has 1 aromatic rings. The van der Waals surface area contributed by atoms with Gasteiger partial charge in [0.25, 0.3) is 0 Å². The zero-order valence-corrected chi connectivity index (χ0v) is 10.9. The summed E-state index contributed by atoms with van der Waals surface area (Å²) in [6.07, 6.45) is 7.21. The smallest absolute Gasteiger partial charge is 0.310 e. The SMILES string of the molecule is O=C(CC1(C(=O)O)CCCCC1)NCc1ccoc1. The quantitative estimate of drug-likeness (QED) is 0.856. The summed E-state index contributed by atoms with van der Waals surface area (Å²) in [7, 11) is 0. The van der Waals surface area contributed by atoms with Crippen LogP contribution >= 0.6 is 0 Å². The predicted octanol–water partition coefficient (Wildman–Crippen LogP) is 2.32. The van der Waals surface area contributed by atoms with E-state index < -0.39 is 11.4 Å². The van der Waals surface area contributed by atoms with Crippen LogP contribution in [0.1, 0.15) is 44.1 Å². The topological polar surface area (TPSA) is 79.5 Å². The van der Waals surface area contributed by atoms with Gasteiger partial charge in [-0.3, -0.25) is 9.59 Å². The van der Waals surface area contributed by atoms with Crippen LogP contribution in [0.15, 0.2) is 23.0 Å². The lowest BCUT2D eigenvalue weighted by Gasteiger charge is -2.32. The van der Waals surface area contributed by atoms with E-state index in [1.54, 1.807) is 18.6 Å². The van der Waals surface area contributed by atoms with E-state index in [2.05, 4.69) is 5.32 Å². The summed E-state index contributed by atoms with van der Waals surface area (Å²) >= 11 is 0. The molecule has 5 nitrogen and oxygen atoms in total. The molecule has 1 fully saturated rings. The predicted molar refractivity (Wildman–Crippen MR) is 68.3 cm³/mol. The summed E-state index contributed by atoms with van der Waals surface area (Å²) < 4.78 is 4.91. The molecule has 1 aliphatic rings. The van der Waals surface area contributed by atoms with Crippen LogP contribution in [0.25, 0.3) is 0 Å². The van der Waals surface area contributed by atoms with E-state index in [1.807, 2.05) is 0 Å². The molecule has 0 radical (unpaired) electrons. The van der Waals surface area contributed by atoms with Crippen LogP contribution in [0.5, 0.6) is 0 Å². The fourth-order valence-corrected chi connectivity index (χ4v) is 2.66. The Bertz CT molecular complexity index is 432. The Kier molecular flexibility index (Phi) is 4.24. The molecule has 5 heteroatoms. The molecule has 104 valence electrons. The van der Waals surface area contributed by atoms with Crippen molar-refractivity contribution in [2.45, 2.75) is 45.1 Å². The molecule has 1 aliphatic carbocycles. The maximum atomic E-state index is 11.9. The molecule has 1 saturated carbocycles. The van der Waals surface area contributed by atoms with Gasteiger partial charge in [0.05, 0.1) is 17.9 Å². The summed E-state index contributed by atoms with van der Waals surface area (Å²) in [5.74, 6) is -1.05. The largest absolute Gasteiger partial charge is 0.481 e. The van der Waals surface area contributed by atoms with Crippen molar-refractivity contribution in [1.82, 2.24) is 5.32 Å². The van der Waals surface area contributed by atoms with Gasteiger partial charge in [-0.25, -0.2) is 0 Å². The molecule has 2 N–H and O–H groups in total. The first-order chi connectivity index (χ1) is 9.12. The Hall–Kier alpha value is -1.78. The van der Waals surface area contributed by atoms with Crippen LogP contribution in [-0.2, 0) is 16.1 Å². The molecule has 1 amide bonds. The molecule has 0 aliphatic heterocycles. The number of rotatable bonds is 5. The Morgan fingerprint density at radius 2 is 2.05 bits per heavy atom. The van der Waals surface area contributed by atoms with Crippen LogP contribution in [0.3, 0.4) is 0 Å². The Balaban J connectivity index is 1.90. The van der Waals surface area contributed by atoms with E-state index in [4.69, 9.17) is 4.42 Å². The van der Waals surface area contributed by atoms with Crippen molar-refractivity contribution in [3.05, 3.63) is 24.2 Å². The summed E-state index contributed by atoms with van der Waals surface area (Å²) in [6, 6.07) is 1.77. The van der Waals surface area contributed by atoms with Gasteiger partial charge in [0, 0.05) is 18.5 Å². The highest BCUT2D eigenvalue weighted by atomic mass is 16.4. The highest BCUT2D eigenvalue weighted by Gasteiger charge is 2.41. The summed E-state index contributed by atoms with van der Waals surface area (Å²) in [5.41, 5.74) is 0.0139. The second kappa shape index (κ2) is 5.91. The number of carbonyl (C=O) groups excluding carboxylic acids is 1. The van der Waals surface area contributed by atoms with Crippen molar-refractivity contribution < 1.29 is 19.1 Å². The maximum absolute atomic E-state index is 11.9. The minimum Gasteiger partial charge on any atom is -0.481 e. The molecular formula is C14H19NO4. The maximum Gasteiger partial charge on any atom is 0.310 e. The Morgan fingerprint density at radius 1 is 1.32 bits per heavy atom. The number of hydrogen-bond donors (Lipinski definition) is 2. The van der Waals surface area contributed by atoms with Gasteiger partial charge in [-0.2, -0.15) is 0 Å². The van der Waals surface area contributed by atoms with Crippen LogP contribution in [0.4, 0.5) is 0 Å². The van der Waals surface area contributed by atoms with Gasteiger partial charge in [0.1, 0.15) is 0 Å². The molecular weight excluding hydrogens is 246 g/mol. The normalized spacial score (nSPS) is 17.9. The van der Waals surface area contributed by atoms with E-state index >= 15 is 0 Å². The first kappa shape index (κ1) is 13.6. The molecule has 1 heterocycles. The number of carboxylic acids is 1. The first-order valence-corrected chi connectivity index (χ1v) is 6.64. The van der Waals surface area contributed by atoms with Crippen molar-refractivity contribution in [1.29, 1.82) is 0 Å². The molecule has 0 saturated heterocycles. The van der Waals surface area contributed by atoms with Crippen LogP contribution < -0.4 is 5.32 Å². The minimum atomic E-state index is -0.862. The summed E-state index contributed by atoms with van der Waals surface area (Å²) in [5, 5.41) is 12.1. The lowest BCUT2D eigenvalue weighted by atomic mass is 9.71. The minimum absolute atomic E-state index is 0.0696. The second-order valence-corrected chi connectivity index (χ2v) is 5.23. The van der Waals surface area contributed by atoms with Gasteiger partial charge >= 0.3 is 5.97 Å². The molecule has 0 unspecified atom stereocenters. The zero-order valence-electron chi connectivity index (χ0n) is 10.9. The van der Waals surface area contributed by atoms with Crippen LogP contribution in [-0.4, -0.2) is 17.0 Å². The standard InChI is InChI=1S/C14H19NO4/c16-12(15-9-11-4-7-19-10-11)8-14(13(17)18)5-2-1-3-6-14/h4,7,10H,1-3,5-6,8-9H2,(H,15,16)(H,17,18). The van der Waals surface area contributed by atoms with Gasteiger partial charge in [0.15, 0.2) is 0 Å².